The number of anilines is 1. The second kappa shape index (κ2) is 5.61. The van der Waals surface area contributed by atoms with Crippen LogP contribution in [0, 0.1) is 12.8 Å². The molecule has 1 aliphatic rings. The van der Waals surface area contributed by atoms with E-state index in [0.717, 1.165) is 25.7 Å². The number of carbonyl (C=O) groups excluding carboxylic acids is 1. The van der Waals surface area contributed by atoms with E-state index in [1.54, 1.807) is 14.0 Å². The average molecular weight is 266 g/mol. The molecular weight excluding hydrogens is 244 g/mol. The summed E-state index contributed by atoms with van der Waals surface area (Å²) in [6.45, 7) is 2.36. The van der Waals surface area contributed by atoms with Crippen LogP contribution in [0.2, 0.25) is 0 Å². The second-order valence-corrected chi connectivity index (χ2v) is 5.37. The van der Waals surface area contributed by atoms with Crippen LogP contribution in [0.4, 0.5) is 5.69 Å². The van der Waals surface area contributed by atoms with Crippen LogP contribution in [0.5, 0.6) is 0 Å². The highest BCUT2D eigenvalue weighted by molar-refractivity contribution is 5.97. The minimum absolute atomic E-state index is 0.194. The van der Waals surface area contributed by atoms with Gasteiger partial charge in [-0.3, -0.25) is 9.48 Å². The van der Waals surface area contributed by atoms with E-state index in [2.05, 4.69) is 10.4 Å². The predicted octanol–water partition coefficient (Wildman–Crippen LogP) is 0.592. The van der Waals surface area contributed by atoms with Crippen LogP contribution >= 0.6 is 0 Å². The van der Waals surface area contributed by atoms with E-state index >= 15 is 0 Å². The third-order valence-corrected chi connectivity index (χ3v) is 3.79. The van der Waals surface area contributed by atoms with Crippen molar-refractivity contribution in [3.8, 4) is 0 Å². The molecule has 4 N–H and O–H groups in total. The van der Waals surface area contributed by atoms with Crippen molar-refractivity contribution in [2.24, 2.45) is 13.0 Å². The summed E-state index contributed by atoms with van der Waals surface area (Å²) < 4.78 is 1.51. The summed E-state index contributed by atoms with van der Waals surface area (Å²) in [5.41, 5.74) is 7.36. The summed E-state index contributed by atoms with van der Waals surface area (Å²) >= 11 is 0. The number of nitrogens with zero attached hydrogens (tertiary/aromatic N) is 2. The van der Waals surface area contributed by atoms with Gasteiger partial charge in [0.25, 0.3) is 5.91 Å². The molecule has 0 saturated heterocycles. The summed E-state index contributed by atoms with van der Waals surface area (Å²) in [4.78, 5) is 12.1. The summed E-state index contributed by atoms with van der Waals surface area (Å²) in [6.07, 6.45) is 3.49. The normalized spacial score (nSPS) is 23.3. The summed E-state index contributed by atoms with van der Waals surface area (Å²) in [5.74, 6) is 0.156. The van der Waals surface area contributed by atoms with Crippen LogP contribution < -0.4 is 11.1 Å². The van der Waals surface area contributed by atoms with Gasteiger partial charge in [0.05, 0.1) is 17.5 Å². The zero-order chi connectivity index (χ0) is 14.0. The first-order chi connectivity index (χ1) is 8.99. The number of nitrogen functional groups attached to an aromatic ring is 1. The van der Waals surface area contributed by atoms with Crippen LogP contribution in [0.1, 0.15) is 41.9 Å². The molecule has 2 unspecified atom stereocenters. The van der Waals surface area contributed by atoms with E-state index in [4.69, 9.17) is 5.73 Å². The lowest BCUT2D eigenvalue weighted by Gasteiger charge is -2.25. The van der Waals surface area contributed by atoms with E-state index in [1.165, 1.54) is 4.68 Å². The molecule has 2 rings (SSSR count). The summed E-state index contributed by atoms with van der Waals surface area (Å²) in [6, 6.07) is 0. The van der Waals surface area contributed by atoms with Gasteiger partial charge < -0.3 is 16.2 Å². The van der Waals surface area contributed by atoms with E-state index < -0.39 is 0 Å². The number of nitrogens with one attached hydrogen (secondary N) is 1. The maximum Gasteiger partial charge on any atom is 0.271 e. The van der Waals surface area contributed by atoms with Gasteiger partial charge in [0.1, 0.15) is 5.69 Å². The molecule has 1 saturated carbocycles. The predicted molar refractivity (Wildman–Crippen MR) is 72.7 cm³/mol. The van der Waals surface area contributed by atoms with Crippen LogP contribution in [0.25, 0.3) is 0 Å². The third-order valence-electron chi connectivity index (χ3n) is 3.79. The topological polar surface area (TPSA) is 93.2 Å². The van der Waals surface area contributed by atoms with Crippen molar-refractivity contribution in [1.29, 1.82) is 0 Å². The molecule has 2 atom stereocenters. The molecule has 0 bridgehead atoms. The number of aryl methyl sites for hydroxylation is 2. The fourth-order valence-corrected chi connectivity index (χ4v) is 2.71. The Morgan fingerprint density at radius 1 is 1.58 bits per heavy atom. The molecule has 6 nitrogen and oxygen atoms in total. The van der Waals surface area contributed by atoms with Crippen molar-refractivity contribution in [1.82, 2.24) is 15.1 Å². The van der Waals surface area contributed by atoms with Crippen LogP contribution in [-0.4, -0.2) is 33.4 Å². The highest BCUT2D eigenvalue weighted by Crippen LogP contribution is 2.23. The molecule has 1 amide bonds. The van der Waals surface area contributed by atoms with E-state index in [9.17, 15) is 9.90 Å². The number of aliphatic hydroxyl groups excluding tert-OH is 1. The lowest BCUT2D eigenvalue weighted by atomic mass is 9.87. The average Bonchev–Trinajstić information content (AvgIpc) is 2.61. The third kappa shape index (κ3) is 3.07. The fourth-order valence-electron chi connectivity index (χ4n) is 2.71. The maximum absolute atomic E-state index is 12.1. The van der Waals surface area contributed by atoms with Gasteiger partial charge in [0.15, 0.2) is 0 Å². The van der Waals surface area contributed by atoms with Crippen molar-refractivity contribution in [2.45, 2.75) is 38.7 Å². The molecule has 1 aromatic heterocycles. The van der Waals surface area contributed by atoms with E-state index in [1.807, 2.05) is 0 Å². The van der Waals surface area contributed by atoms with Crippen molar-refractivity contribution < 1.29 is 9.90 Å². The first-order valence-electron chi connectivity index (χ1n) is 6.74. The number of amides is 1. The first-order valence-corrected chi connectivity index (χ1v) is 6.74. The highest BCUT2D eigenvalue weighted by atomic mass is 16.3. The Hall–Kier alpha value is -1.56. The van der Waals surface area contributed by atoms with Crippen LogP contribution in [0.3, 0.4) is 0 Å². The van der Waals surface area contributed by atoms with Crippen LogP contribution in [0.15, 0.2) is 0 Å². The van der Waals surface area contributed by atoms with Crippen molar-refractivity contribution in [3.63, 3.8) is 0 Å². The Labute approximate surface area is 113 Å². The highest BCUT2D eigenvalue weighted by Gasteiger charge is 2.22. The van der Waals surface area contributed by atoms with Crippen molar-refractivity contribution in [3.05, 3.63) is 11.4 Å². The van der Waals surface area contributed by atoms with Crippen LogP contribution in [-0.2, 0) is 7.05 Å². The monoisotopic (exact) mass is 266 g/mol. The molecule has 106 valence electrons. The smallest absolute Gasteiger partial charge is 0.271 e. The Kier molecular flexibility index (Phi) is 4.09. The Bertz CT molecular complexity index is 469. The lowest BCUT2D eigenvalue weighted by molar-refractivity contribution is 0.0867. The van der Waals surface area contributed by atoms with Gasteiger partial charge in [-0.1, -0.05) is 6.42 Å². The zero-order valence-corrected chi connectivity index (χ0v) is 11.5. The minimum atomic E-state index is -0.223. The largest absolute Gasteiger partial charge is 0.395 e. The van der Waals surface area contributed by atoms with Gasteiger partial charge in [-0.25, -0.2) is 0 Å². The molecule has 0 aromatic carbocycles. The molecule has 1 heterocycles. The Morgan fingerprint density at radius 2 is 2.32 bits per heavy atom. The van der Waals surface area contributed by atoms with E-state index in [-0.39, 0.29) is 12.0 Å². The molecule has 6 heteroatoms. The van der Waals surface area contributed by atoms with Gasteiger partial charge in [-0.2, -0.15) is 5.10 Å². The standard InChI is InChI=1S/C13H22N4O2/c1-8-11(14)12(17(2)16-8)13(19)15-7-9-4-3-5-10(18)6-9/h9-10,18H,3-7,14H2,1-2H3,(H,15,19). The molecule has 0 aliphatic heterocycles. The summed E-state index contributed by atoms with van der Waals surface area (Å²) in [7, 11) is 1.71. The number of aliphatic hydroxyl groups is 1. The van der Waals surface area contributed by atoms with Gasteiger partial charge in [-0.05, 0) is 32.1 Å². The lowest BCUT2D eigenvalue weighted by Crippen LogP contribution is -2.34. The van der Waals surface area contributed by atoms with Gasteiger partial charge >= 0.3 is 0 Å². The Morgan fingerprint density at radius 3 is 2.89 bits per heavy atom. The van der Waals surface area contributed by atoms with Gasteiger partial charge in [-0.15, -0.1) is 0 Å². The molecule has 19 heavy (non-hydrogen) atoms. The maximum atomic E-state index is 12.1. The SMILES string of the molecule is Cc1nn(C)c(C(=O)NCC2CCCC(O)C2)c1N. The molecule has 0 spiro atoms. The number of nitrogens with two attached hydrogens (primary N) is 1. The number of rotatable bonds is 3. The van der Waals surface area contributed by atoms with Gasteiger partial charge in [0.2, 0.25) is 0 Å². The molecular formula is C13H22N4O2. The molecule has 1 fully saturated rings. The quantitative estimate of drug-likeness (QED) is 0.746. The number of carbonyl (C=O) groups is 1. The Balaban J connectivity index is 1.94. The second-order valence-electron chi connectivity index (χ2n) is 5.37. The number of hydrogen-bond acceptors (Lipinski definition) is 4. The number of aromatic nitrogens is 2. The number of hydrogen-bond donors (Lipinski definition) is 3. The molecule has 1 aliphatic carbocycles. The van der Waals surface area contributed by atoms with Crippen molar-refractivity contribution >= 4 is 11.6 Å². The minimum Gasteiger partial charge on any atom is -0.395 e. The zero-order valence-electron chi connectivity index (χ0n) is 11.5. The van der Waals surface area contributed by atoms with Crippen molar-refractivity contribution in [2.75, 3.05) is 12.3 Å². The fraction of sp³-hybridized carbons (Fsp3) is 0.692. The van der Waals surface area contributed by atoms with Gasteiger partial charge in [0, 0.05) is 13.6 Å². The first kappa shape index (κ1) is 13.9. The summed E-state index contributed by atoms with van der Waals surface area (Å²) in [5, 5.41) is 16.6. The molecule has 1 aromatic rings. The molecule has 0 radical (unpaired) electrons. The van der Waals surface area contributed by atoms with E-state index in [0.29, 0.717) is 29.5 Å².